The van der Waals surface area contributed by atoms with Crippen LogP contribution in [0.5, 0.6) is 0 Å². The lowest BCUT2D eigenvalue weighted by Gasteiger charge is -2.15. The number of imidazole rings is 1. The quantitative estimate of drug-likeness (QED) is 0.235. The molecule has 0 spiro atoms. The fourth-order valence-electron chi connectivity index (χ4n) is 6.16. The molecule has 8 aromatic rings. The van der Waals surface area contributed by atoms with Gasteiger partial charge < -0.3 is 0 Å². The Labute approximate surface area is 226 Å². The largest absolute Gasteiger partial charge is 0.284 e. The predicted molar refractivity (Wildman–Crippen MR) is 163 cm³/mol. The van der Waals surface area contributed by atoms with Crippen molar-refractivity contribution in [3.63, 3.8) is 0 Å². The van der Waals surface area contributed by atoms with Crippen molar-refractivity contribution in [2.75, 3.05) is 0 Å². The molecule has 0 unspecified atom stereocenters. The van der Waals surface area contributed by atoms with E-state index in [1.165, 1.54) is 60.4 Å². The van der Waals surface area contributed by atoms with Crippen LogP contribution >= 0.6 is 0 Å². The standard InChI is InChI=1S/C37H24N2/c1-2-12-25(13-3-1)27-16-10-17-28(24-27)34-31-19-6-7-20-32(31)35(30-21-11-15-26-14-4-5-18-29(26)30)37-36(34)38-33-22-8-9-23-39(33)37/h1-24H/p+1. The molecule has 2 nitrogen and oxygen atoms in total. The van der Waals surface area contributed by atoms with Gasteiger partial charge in [-0.15, -0.1) is 0 Å². The second kappa shape index (κ2) is 8.68. The Bertz CT molecular complexity index is 2170. The first-order valence-electron chi connectivity index (χ1n) is 13.4. The third-order valence-corrected chi connectivity index (χ3v) is 7.86. The van der Waals surface area contributed by atoms with E-state index in [0.29, 0.717) is 0 Å². The zero-order valence-corrected chi connectivity index (χ0v) is 21.3. The molecule has 182 valence electrons. The van der Waals surface area contributed by atoms with Crippen molar-refractivity contribution in [1.82, 2.24) is 4.98 Å². The van der Waals surface area contributed by atoms with Crippen LogP contribution in [-0.4, -0.2) is 4.98 Å². The number of nitrogens with one attached hydrogen (secondary N) is 1. The second-order valence-electron chi connectivity index (χ2n) is 10.1. The monoisotopic (exact) mass is 497 g/mol. The zero-order valence-electron chi connectivity index (χ0n) is 21.3. The van der Waals surface area contributed by atoms with Gasteiger partial charge in [-0.3, -0.25) is 0 Å². The highest BCUT2D eigenvalue weighted by atomic mass is 15.0. The third-order valence-electron chi connectivity index (χ3n) is 7.86. The van der Waals surface area contributed by atoms with Crippen molar-refractivity contribution < 1.29 is 4.40 Å². The van der Waals surface area contributed by atoms with Gasteiger partial charge in [0, 0.05) is 17.2 Å². The first-order valence-corrected chi connectivity index (χ1v) is 13.4. The van der Waals surface area contributed by atoms with Gasteiger partial charge in [0.2, 0.25) is 0 Å². The summed E-state index contributed by atoms with van der Waals surface area (Å²) >= 11 is 0. The fourth-order valence-corrected chi connectivity index (χ4v) is 6.16. The van der Waals surface area contributed by atoms with Gasteiger partial charge in [0.1, 0.15) is 0 Å². The maximum atomic E-state index is 3.82. The van der Waals surface area contributed by atoms with E-state index in [4.69, 9.17) is 0 Å². The fraction of sp³-hybridized carbons (Fsp3) is 0. The highest BCUT2D eigenvalue weighted by Crippen LogP contribution is 2.44. The number of aromatic nitrogens is 2. The second-order valence-corrected chi connectivity index (χ2v) is 10.1. The van der Waals surface area contributed by atoms with Gasteiger partial charge in [-0.25, -0.2) is 4.98 Å². The zero-order chi connectivity index (χ0) is 25.8. The number of H-pyrrole nitrogens is 1. The highest BCUT2D eigenvalue weighted by Gasteiger charge is 2.26. The smallest absolute Gasteiger partial charge is 0.236 e. The molecule has 2 heteroatoms. The molecule has 0 saturated carbocycles. The molecular weight excluding hydrogens is 472 g/mol. The van der Waals surface area contributed by atoms with Crippen molar-refractivity contribution in [3.05, 3.63) is 146 Å². The Morgan fingerprint density at radius 2 is 1.10 bits per heavy atom. The van der Waals surface area contributed by atoms with Crippen LogP contribution in [0, 0.1) is 0 Å². The molecule has 0 aliphatic rings. The first-order chi connectivity index (χ1) is 19.4. The Morgan fingerprint density at radius 3 is 1.97 bits per heavy atom. The Kier molecular flexibility index (Phi) is 4.86. The summed E-state index contributed by atoms with van der Waals surface area (Å²) in [6, 6.07) is 50.1. The Morgan fingerprint density at radius 1 is 0.462 bits per heavy atom. The summed E-state index contributed by atoms with van der Waals surface area (Å²) in [4.78, 5) is 3.82. The summed E-state index contributed by atoms with van der Waals surface area (Å²) in [6.45, 7) is 0. The van der Waals surface area contributed by atoms with Gasteiger partial charge >= 0.3 is 0 Å². The van der Waals surface area contributed by atoms with Crippen LogP contribution < -0.4 is 4.40 Å². The van der Waals surface area contributed by atoms with E-state index in [1.54, 1.807) is 0 Å². The number of rotatable bonds is 3. The molecule has 0 aliphatic carbocycles. The number of benzene rings is 6. The minimum atomic E-state index is 1.07. The summed E-state index contributed by atoms with van der Waals surface area (Å²) in [5.41, 5.74) is 10.8. The first kappa shape index (κ1) is 21.8. The lowest BCUT2D eigenvalue weighted by atomic mass is 9.87. The number of nitrogens with zero attached hydrogens (tertiary/aromatic N) is 1. The van der Waals surface area contributed by atoms with Crippen LogP contribution in [0.1, 0.15) is 0 Å². The predicted octanol–water partition coefficient (Wildman–Crippen LogP) is 9.21. The van der Waals surface area contributed by atoms with Crippen molar-refractivity contribution >= 4 is 38.2 Å². The highest BCUT2D eigenvalue weighted by molar-refractivity contribution is 6.21. The van der Waals surface area contributed by atoms with E-state index in [0.717, 1.165) is 11.2 Å². The molecule has 6 aromatic carbocycles. The average molecular weight is 498 g/mol. The molecule has 0 fully saturated rings. The number of aromatic amines is 1. The molecule has 8 rings (SSSR count). The maximum absolute atomic E-state index is 3.82. The van der Waals surface area contributed by atoms with Crippen molar-refractivity contribution in [1.29, 1.82) is 0 Å². The van der Waals surface area contributed by atoms with Crippen molar-refractivity contribution in [2.24, 2.45) is 0 Å². The number of hydrogen-bond donors (Lipinski definition) is 1. The van der Waals surface area contributed by atoms with Crippen LogP contribution in [0.25, 0.3) is 71.6 Å². The molecule has 0 amide bonds. The van der Waals surface area contributed by atoms with E-state index in [1.807, 2.05) is 0 Å². The summed E-state index contributed by atoms with van der Waals surface area (Å²) < 4.78 is 2.31. The minimum absolute atomic E-state index is 1.07. The summed E-state index contributed by atoms with van der Waals surface area (Å²) in [7, 11) is 0. The van der Waals surface area contributed by atoms with Gasteiger partial charge in [-0.05, 0) is 55.9 Å². The van der Waals surface area contributed by atoms with Gasteiger partial charge in [0.15, 0.2) is 11.0 Å². The average Bonchev–Trinajstić information content (AvgIpc) is 3.39. The van der Waals surface area contributed by atoms with Crippen LogP contribution in [0.3, 0.4) is 0 Å². The number of fused-ring (bicyclic) bond motifs is 5. The number of hydrogen-bond acceptors (Lipinski definition) is 0. The summed E-state index contributed by atoms with van der Waals surface area (Å²) in [5.74, 6) is 0. The van der Waals surface area contributed by atoms with Gasteiger partial charge in [-0.2, -0.15) is 4.40 Å². The SMILES string of the molecule is c1ccc(-c2cccc(-c3c4ccccc4c(-c4cccc5ccccc45)c4c3[nH]c3cccc[n+]34)c2)cc1. The molecule has 39 heavy (non-hydrogen) atoms. The van der Waals surface area contributed by atoms with Crippen molar-refractivity contribution in [2.45, 2.75) is 0 Å². The lowest BCUT2D eigenvalue weighted by Crippen LogP contribution is -2.19. The van der Waals surface area contributed by atoms with E-state index >= 15 is 0 Å². The van der Waals surface area contributed by atoms with Gasteiger partial charge in [0.25, 0.3) is 5.65 Å². The lowest BCUT2D eigenvalue weighted by molar-refractivity contribution is -0.480. The maximum Gasteiger partial charge on any atom is 0.284 e. The van der Waals surface area contributed by atoms with E-state index < -0.39 is 0 Å². The van der Waals surface area contributed by atoms with Crippen LogP contribution in [0.15, 0.2) is 146 Å². The number of pyridine rings is 1. The normalized spacial score (nSPS) is 11.6. The summed E-state index contributed by atoms with van der Waals surface area (Å²) in [5, 5.41) is 5.00. The molecule has 0 bridgehead atoms. The van der Waals surface area contributed by atoms with Crippen LogP contribution in [0.2, 0.25) is 0 Å². The minimum Gasteiger partial charge on any atom is -0.236 e. The Hall–Kier alpha value is -5.21. The molecule has 0 aliphatic heterocycles. The molecular formula is C37H25N2+. The van der Waals surface area contributed by atoms with Gasteiger partial charge in [-0.1, -0.05) is 121 Å². The molecule has 2 aromatic heterocycles. The molecule has 1 N–H and O–H groups in total. The van der Waals surface area contributed by atoms with E-state index in [9.17, 15) is 0 Å². The van der Waals surface area contributed by atoms with Crippen LogP contribution in [0.4, 0.5) is 0 Å². The van der Waals surface area contributed by atoms with E-state index in [-0.39, 0.29) is 0 Å². The molecule has 0 saturated heterocycles. The third kappa shape index (κ3) is 3.39. The topological polar surface area (TPSA) is 19.9 Å². The Balaban J connectivity index is 1.55. The van der Waals surface area contributed by atoms with Crippen molar-refractivity contribution in [3.8, 4) is 33.4 Å². The molecule has 0 atom stereocenters. The molecule has 2 heterocycles. The van der Waals surface area contributed by atoms with Crippen LogP contribution in [-0.2, 0) is 0 Å². The molecule has 0 radical (unpaired) electrons. The van der Waals surface area contributed by atoms with E-state index in [2.05, 4.69) is 155 Å². The summed E-state index contributed by atoms with van der Waals surface area (Å²) in [6.07, 6.45) is 2.17. The van der Waals surface area contributed by atoms with Gasteiger partial charge in [0.05, 0.1) is 6.20 Å².